The Morgan fingerprint density at radius 2 is 2.08 bits per heavy atom. The number of rotatable bonds is 2. The minimum atomic E-state index is -1.43. The lowest BCUT2D eigenvalue weighted by molar-refractivity contribution is 0.178. The number of nitrogens with one attached hydrogen (secondary N) is 1. The molecule has 0 fully saturated rings. The third-order valence-corrected chi connectivity index (χ3v) is 3.87. The third kappa shape index (κ3) is 6.63. The fourth-order valence-electron chi connectivity index (χ4n) is 0.358. The van der Waals surface area contributed by atoms with Crippen molar-refractivity contribution in [3.05, 3.63) is 0 Å². The number of ether oxygens (including phenoxy) is 1. The number of hydrogen-bond acceptors (Lipinski definition) is 4. The van der Waals surface area contributed by atoms with Crippen LogP contribution in [0.4, 0.5) is 4.79 Å². The second-order valence-corrected chi connectivity index (χ2v) is 6.50. The molecule has 0 aliphatic rings. The Labute approximate surface area is 79.1 Å². The van der Waals surface area contributed by atoms with Gasteiger partial charge in [-0.2, -0.15) is 0 Å². The lowest BCUT2D eigenvalue weighted by Crippen LogP contribution is -2.30. The van der Waals surface area contributed by atoms with Crippen LogP contribution >= 0.6 is 10.8 Å². The first-order valence-corrected chi connectivity index (χ1v) is 5.79. The normalized spacial score (nSPS) is 13.8. The van der Waals surface area contributed by atoms with Gasteiger partial charge in [0.15, 0.2) is 0 Å². The molecule has 0 heterocycles. The van der Waals surface area contributed by atoms with Crippen molar-refractivity contribution >= 4 is 27.3 Å². The second kappa shape index (κ2) is 4.84. The Bertz CT molecular complexity index is 157. The van der Waals surface area contributed by atoms with Crippen LogP contribution < -0.4 is 4.72 Å². The topological polar surface area (TPSA) is 61.4 Å². The van der Waals surface area contributed by atoms with Crippen LogP contribution in [0.25, 0.3) is 0 Å². The van der Waals surface area contributed by atoms with Gasteiger partial charge in [0.1, 0.15) is 21.2 Å². The highest BCUT2D eigenvalue weighted by Gasteiger charge is 2.24. The molecule has 0 bridgehead atoms. The summed E-state index contributed by atoms with van der Waals surface area (Å²) in [6.07, 6.45) is -0.676. The molecule has 1 atom stereocenters. The van der Waals surface area contributed by atoms with Crippen molar-refractivity contribution in [1.82, 2.24) is 4.72 Å². The summed E-state index contributed by atoms with van der Waals surface area (Å²) < 4.78 is 17.4. The van der Waals surface area contributed by atoms with Crippen LogP contribution in [0.3, 0.4) is 0 Å². The van der Waals surface area contributed by atoms with Crippen molar-refractivity contribution in [3.8, 4) is 0 Å². The van der Waals surface area contributed by atoms with Gasteiger partial charge in [-0.05, 0) is 20.8 Å². The van der Waals surface area contributed by atoms with E-state index < -0.39 is 16.5 Å². The van der Waals surface area contributed by atoms with Crippen LogP contribution in [0, 0.1) is 0 Å². The molecule has 0 aromatic heterocycles. The van der Waals surface area contributed by atoms with Gasteiger partial charge in [-0.1, -0.05) is 0 Å². The number of methoxy groups -OCH3 is 1. The number of carbonyl (C=O) groups excluding carboxylic acids is 1. The van der Waals surface area contributed by atoms with Crippen LogP contribution in [0.15, 0.2) is 0 Å². The van der Waals surface area contributed by atoms with Gasteiger partial charge in [0.25, 0.3) is 0 Å². The van der Waals surface area contributed by atoms with Crippen molar-refractivity contribution in [1.29, 1.82) is 0 Å². The zero-order valence-electron chi connectivity index (χ0n) is 7.54. The zero-order chi connectivity index (χ0) is 9.78. The Kier molecular flexibility index (Phi) is 4.81. The van der Waals surface area contributed by atoms with E-state index >= 15 is 0 Å². The molecule has 0 radical (unpaired) electrons. The van der Waals surface area contributed by atoms with Crippen LogP contribution in [-0.4, -0.2) is 22.5 Å². The van der Waals surface area contributed by atoms with Gasteiger partial charge in [-0.3, -0.25) is 0 Å². The maximum Gasteiger partial charge on any atom is 0.449 e. The molecule has 0 aliphatic heterocycles. The molecule has 1 unspecified atom stereocenters. The monoisotopic (exact) mass is 211 g/mol. The minimum Gasteiger partial charge on any atom is -0.581 e. The molecular formula is C6H13NO3S2. The third-order valence-electron chi connectivity index (χ3n) is 0.678. The van der Waals surface area contributed by atoms with Gasteiger partial charge in [0, 0.05) is 0 Å². The molecule has 0 rings (SSSR count). The summed E-state index contributed by atoms with van der Waals surface area (Å²) in [5.74, 6) is 0. The molecule has 0 aromatic rings. The van der Waals surface area contributed by atoms with E-state index in [9.17, 15) is 9.35 Å². The van der Waals surface area contributed by atoms with E-state index in [-0.39, 0.29) is 4.75 Å². The SMILES string of the molecule is COC(=O)N[S+]([O-])SC(C)(C)C. The quantitative estimate of drug-likeness (QED) is 0.555. The Morgan fingerprint density at radius 1 is 1.58 bits per heavy atom. The average molecular weight is 211 g/mol. The van der Waals surface area contributed by atoms with E-state index in [2.05, 4.69) is 9.46 Å². The average Bonchev–Trinajstić information content (AvgIpc) is 1.82. The predicted molar refractivity (Wildman–Crippen MR) is 51.0 cm³/mol. The molecule has 0 saturated carbocycles. The lowest BCUT2D eigenvalue weighted by atomic mass is 10.3. The summed E-state index contributed by atoms with van der Waals surface area (Å²) in [5, 5.41) is 0. The maximum atomic E-state index is 11.1. The molecule has 72 valence electrons. The number of amides is 1. The first-order valence-electron chi connectivity index (χ1n) is 3.31. The van der Waals surface area contributed by atoms with Crippen LogP contribution in [-0.2, 0) is 15.1 Å². The van der Waals surface area contributed by atoms with Crippen molar-refractivity contribution < 1.29 is 14.1 Å². The fourth-order valence-corrected chi connectivity index (χ4v) is 2.76. The highest BCUT2D eigenvalue weighted by atomic mass is 33.1. The molecule has 4 nitrogen and oxygen atoms in total. The molecule has 6 heteroatoms. The highest BCUT2D eigenvalue weighted by Crippen LogP contribution is 2.27. The van der Waals surface area contributed by atoms with E-state index in [0.717, 1.165) is 10.8 Å². The smallest absolute Gasteiger partial charge is 0.449 e. The van der Waals surface area contributed by atoms with Gasteiger partial charge in [-0.25, -0.2) is 4.79 Å². The minimum absolute atomic E-state index is 0.147. The summed E-state index contributed by atoms with van der Waals surface area (Å²) in [4.78, 5) is 10.6. The van der Waals surface area contributed by atoms with E-state index in [1.165, 1.54) is 7.11 Å². The van der Waals surface area contributed by atoms with E-state index in [1.54, 1.807) is 0 Å². The summed E-state index contributed by atoms with van der Waals surface area (Å²) in [5.41, 5.74) is 0. The second-order valence-electron chi connectivity index (χ2n) is 3.02. The van der Waals surface area contributed by atoms with Gasteiger partial charge in [0.05, 0.1) is 11.9 Å². The van der Waals surface area contributed by atoms with E-state index in [1.807, 2.05) is 20.8 Å². The number of hydrogen-bond donors (Lipinski definition) is 1. The van der Waals surface area contributed by atoms with Crippen molar-refractivity contribution in [2.45, 2.75) is 25.5 Å². The molecule has 0 spiro atoms. The van der Waals surface area contributed by atoms with Gasteiger partial charge >= 0.3 is 6.09 Å². The number of carbonyl (C=O) groups is 1. The first kappa shape index (κ1) is 11.9. The molecule has 1 N–H and O–H groups in total. The molecule has 0 aliphatic carbocycles. The van der Waals surface area contributed by atoms with Gasteiger partial charge in [-0.15, -0.1) is 4.72 Å². The maximum absolute atomic E-state index is 11.1. The predicted octanol–water partition coefficient (Wildman–Crippen LogP) is 1.45. The largest absolute Gasteiger partial charge is 0.581 e. The molecule has 0 aromatic carbocycles. The first-order chi connectivity index (χ1) is 5.35. The Morgan fingerprint density at radius 3 is 2.42 bits per heavy atom. The summed E-state index contributed by atoms with van der Waals surface area (Å²) in [6.45, 7) is 5.73. The van der Waals surface area contributed by atoms with Crippen molar-refractivity contribution in [2.75, 3.05) is 7.11 Å². The summed E-state index contributed by atoms with van der Waals surface area (Å²) >= 11 is 0. The standard InChI is InChI=1S/C6H13NO3S2/c1-6(2,3)11-12(9)7-5(8)10-4/h1-4H3,(H,7,8). The Hall–Kier alpha value is -0.0700. The molecule has 1 amide bonds. The van der Waals surface area contributed by atoms with Crippen molar-refractivity contribution in [2.24, 2.45) is 0 Å². The van der Waals surface area contributed by atoms with E-state index in [0.29, 0.717) is 0 Å². The van der Waals surface area contributed by atoms with Gasteiger partial charge < -0.3 is 9.29 Å². The summed E-state index contributed by atoms with van der Waals surface area (Å²) in [7, 11) is 0.964. The summed E-state index contributed by atoms with van der Waals surface area (Å²) in [6, 6.07) is 0. The van der Waals surface area contributed by atoms with Crippen molar-refractivity contribution in [3.63, 3.8) is 0 Å². The van der Waals surface area contributed by atoms with Crippen LogP contribution in [0.1, 0.15) is 20.8 Å². The molecular weight excluding hydrogens is 198 g/mol. The van der Waals surface area contributed by atoms with Crippen LogP contribution in [0.5, 0.6) is 0 Å². The fraction of sp³-hybridized carbons (Fsp3) is 0.833. The molecule has 12 heavy (non-hydrogen) atoms. The Balaban J connectivity index is 3.74. The van der Waals surface area contributed by atoms with Crippen LogP contribution in [0.2, 0.25) is 0 Å². The zero-order valence-corrected chi connectivity index (χ0v) is 9.17. The van der Waals surface area contributed by atoms with E-state index in [4.69, 9.17) is 0 Å². The molecule has 0 saturated heterocycles. The highest BCUT2D eigenvalue weighted by molar-refractivity contribution is 8.71. The lowest BCUT2D eigenvalue weighted by Gasteiger charge is -2.16. The van der Waals surface area contributed by atoms with Gasteiger partial charge in [0.2, 0.25) is 0 Å².